The van der Waals surface area contributed by atoms with E-state index in [1.54, 1.807) is 49.6 Å². The highest BCUT2D eigenvalue weighted by molar-refractivity contribution is 7.15. The number of thiazole rings is 1. The minimum Gasteiger partial charge on any atom is -0.497 e. The molecular weight excluding hydrogens is 502 g/mol. The first-order valence-corrected chi connectivity index (χ1v) is 12.6. The first-order chi connectivity index (χ1) is 18.4. The molecule has 3 heterocycles. The third-order valence-electron chi connectivity index (χ3n) is 6.26. The Morgan fingerprint density at radius 1 is 1.03 bits per heavy atom. The van der Waals surface area contributed by atoms with Crippen molar-refractivity contribution in [3.05, 3.63) is 98.8 Å². The Bertz CT molecular complexity index is 1840. The Hall–Kier alpha value is -4.83. The number of benzene rings is 3. The van der Waals surface area contributed by atoms with E-state index in [9.17, 15) is 14.4 Å². The summed E-state index contributed by atoms with van der Waals surface area (Å²) in [6.45, 7) is 1.74. The van der Waals surface area contributed by atoms with E-state index in [4.69, 9.17) is 4.74 Å². The molecule has 6 rings (SSSR count). The molecule has 9 nitrogen and oxygen atoms in total. The molecule has 1 aliphatic rings. The molecule has 0 spiro atoms. The number of aromatic nitrogens is 3. The minimum atomic E-state index is -0.429. The number of rotatable bonds is 5. The van der Waals surface area contributed by atoms with Crippen molar-refractivity contribution in [1.82, 2.24) is 14.6 Å². The van der Waals surface area contributed by atoms with Crippen LogP contribution < -0.4 is 25.0 Å². The number of aryl methyl sites for hydroxylation is 1. The van der Waals surface area contributed by atoms with Gasteiger partial charge < -0.3 is 10.1 Å². The lowest BCUT2D eigenvalue weighted by Gasteiger charge is -2.16. The van der Waals surface area contributed by atoms with Crippen LogP contribution in [0.2, 0.25) is 0 Å². The Kier molecular flexibility index (Phi) is 5.73. The molecule has 5 aromatic rings. The number of nitrogens with zero attached hydrogens (tertiary/aromatic N) is 4. The standard InChI is InChI=1S/C28H21N5O4S/c1-16-6-5-7-18(14-16)29-22(34)15-32-21-9-4-3-8-20(21)23(26(32)35)24-27(36)33-28(38-24)30-25(31-33)17-10-12-19(37-2)13-11-17/h3-14H,15H2,1-2H3,(H,29,34). The van der Waals surface area contributed by atoms with Gasteiger partial charge in [-0.1, -0.05) is 41.7 Å². The van der Waals surface area contributed by atoms with Gasteiger partial charge in [-0.25, -0.2) is 0 Å². The summed E-state index contributed by atoms with van der Waals surface area (Å²) in [5.41, 5.74) is 3.39. The third-order valence-corrected chi connectivity index (χ3v) is 7.29. The minimum absolute atomic E-state index is 0.191. The van der Waals surface area contributed by atoms with Crippen molar-refractivity contribution in [2.45, 2.75) is 6.92 Å². The van der Waals surface area contributed by atoms with Crippen LogP contribution in [0.15, 0.2) is 77.6 Å². The van der Waals surface area contributed by atoms with E-state index >= 15 is 0 Å². The molecule has 10 heteroatoms. The topological polar surface area (TPSA) is 106 Å². The number of carbonyl (C=O) groups is 2. The van der Waals surface area contributed by atoms with Gasteiger partial charge in [0.25, 0.3) is 11.5 Å². The van der Waals surface area contributed by atoms with Gasteiger partial charge in [-0.15, -0.1) is 5.10 Å². The molecule has 188 valence electrons. The highest BCUT2D eigenvalue weighted by atomic mass is 32.1. The molecule has 0 atom stereocenters. The Morgan fingerprint density at radius 3 is 2.55 bits per heavy atom. The van der Waals surface area contributed by atoms with Crippen molar-refractivity contribution >= 4 is 45.1 Å². The molecule has 2 aromatic heterocycles. The van der Waals surface area contributed by atoms with Gasteiger partial charge in [0, 0.05) is 16.8 Å². The lowest BCUT2D eigenvalue weighted by atomic mass is 10.1. The molecule has 0 fully saturated rings. The predicted molar refractivity (Wildman–Crippen MR) is 145 cm³/mol. The largest absolute Gasteiger partial charge is 0.497 e. The van der Waals surface area contributed by atoms with Crippen molar-refractivity contribution in [3.63, 3.8) is 0 Å². The van der Waals surface area contributed by atoms with Gasteiger partial charge in [-0.3, -0.25) is 19.3 Å². The fraction of sp³-hybridized carbons (Fsp3) is 0.107. The summed E-state index contributed by atoms with van der Waals surface area (Å²) in [5, 5.41) is 7.23. The number of para-hydroxylation sites is 1. The summed E-state index contributed by atoms with van der Waals surface area (Å²) >= 11 is 1.10. The molecule has 0 bridgehead atoms. The summed E-state index contributed by atoms with van der Waals surface area (Å²) in [6.07, 6.45) is 0. The van der Waals surface area contributed by atoms with E-state index in [1.807, 2.05) is 37.3 Å². The normalized spacial score (nSPS) is 14.2. The van der Waals surface area contributed by atoms with Crippen LogP contribution in [0.3, 0.4) is 0 Å². The van der Waals surface area contributed by atoms with Crippen LogP contribution in [0.1, 0.15) is 11.1 Å². The van der Waals surface area contributed by atoms with Crippen molar-refractivity contribution in [2.24, 2.45) is 0 Å². The molecule has 0 saturated carbocycles. The number of amides is 2. The van der Waals surface area contributed by atoms with E-state index in [1.165, 1.54) is 9.42 Å². The summed E-state index contributed by atoms with van der Waals surface area (Å²) < 4.78 is 6.64. The van der Waals surface area contributed by atoms with Crippen LogP contribution in [0.25, 0.3) is 21.9 Å². The SMILES string of the molecule is COc1ccc(-c2nc3sc(=C4C(=O)N(CC(=O)Nc5cccc(C)c5)c5ccccc54)c(=O)n3n2)cc1. The van der Waals surface area contributed by atoms with Crippen molar-refractivity contribution in [1.29, 1.82) is 0 Å². The number of hydrogen-bond acceptors (Lipinski definition) is 7. The average molecular weight is 524 g/mol. The highest BCUT2D eigenvalue weighted by Gasteiger charge is 2.35. The number of ether oxygens (including phenoxy) is 1. The van der Waals surface area contributed by atoms with Crippen LogP contribution in [0, 0.1) is 6.92 Å². The van der Waals surface area contributed by atoms with Crippen molar-refractivity contribution in [3.8, 4) is 17.1 Å². The van der Waals surface area contributed by atoms with Gasteiger partial charge in [-0.2, -0.15) is 9.50 Å². The fourth-order valence-electron chi connectivity index (χ4n) is 4.47. The molecular formula is C28H21N5O4S. The summed E-state index contributed by atoms with van der Waals surface area (Å²) in [6, 6.07) is 21.8. The molecule has 0 saturated heterocycles. The average Bonchev–Trinajstić information content (AvgIpc) is 3.55. The van der Waals surface area contributed by atoms with E-state index < -0.39 is 11.5 Å². The van der Waals surface area contributed by atoms with Crippen LogP contribution in [-0.2, 0) is 9.59 Å². The Balaban J connectivity index is 1.37. The molecule has 2 amide bonds. The summed E-state index contributed by atoms with van der Waals surface area (Å²) in [5.74, 6) is 0.352. The molecule has 0 aliphatic carbocycles. The first-order valence-electron chi connectivity index (χ1n) is 11.8. The number of hydrogen-bond donors (Lipinski definition) is 1. The molecule has 38 heavy (non-hydrogen) atoms. The maximum absolute atomic E-state index is 13.6. The fourth-order valence-corrected chi connectivity index (χ4v) is 5.47. The summed E-state index contributed by atoms with van der Waals surface area (Å²) in [7, 11) is 1.59. The Morgan fingerprint density at radius 2 is 1.82 bits per heavy atom. The van der Waals surface area contributed by atoms with Gasteiger partial charge in [0.1, 0.15) is 16.8 Å². The molecule has 0 radical (unpaired) electrons. The van der Waals surface area contributed by atoms with Gasteiger partial charge in [0.15, 0.2) is 5.82 Å². The monoisotopic (exact) mass is 523 g/mol. The molecule has 0 unspecified atom stereocenters. The molecule has 1 aliphatic heterocycles. The Labute approximate surface area is 220 Å². The second-order valence-electron chi connectivity index (χ2n) is 8.80. The number of fused-ring (bicyclic) bond motifs is 2. The van der Waals surface area contributed by atoms with E-state index in [-0.39, 0.29) is 22.6 Å². The quantitative estimate of drug-likeness (QED) is 0.380. The smallest absolute Gasteiger partial charge is 0.291 e. The number of carbonyl (C=O) groups excluding carboxylic acids is 2. The number of nitrogens with one attached hydrogen (secondary N) is 1. The lowest BCUT2D eigenvalue weighted by molar-refractivity contribution is -0.118. The second kappa shape index (κ2) is 9.24. The predicted octanol–water partition coefficient (Wildman–Crippen LogP) is 3.04. The van der Waals surface area contributed by atoms with Gasteiger partial charge in [-0.05, 0) is 55.0 Å². The second-order valence-corrected chi connectivity index (χ2v) is 9.77. The van der Waals surface area contributed by atoms with E-state index in [2.05, 4.69) is 15.4 Å². The van der Waals surface area contributed by atoms with Crippen molar-refractivity contribution in [2.75, 3.05) is 23.9 Å². The van der Waals surface area contributed by atoms with Crippen LogP contribution in [0.5, 0.6) is 5.75 Å². The van der Waals surface area contributed by atoms with Crippen LogP contribution in [0.4, 0.5) is 11.4 Å². The maximum atomic E-state index is 13.6. The maximum Gasteiger partial charge on any atom is 0.291 e. The molecule has 1 N–H and O–H groups in total. The van der Waals surface area contributed by atoms with Gasteiger partial charge >= 0.3 is 0 Å². The zero-order chi connectivity index (χ0) is 26.4. The summed E-state index contributed by atoms with van der Waals surface area (Å²) in [4.78, 5) is 46.2. The van der Waals surface area contributed by atoms with E-state index in [0.29, 0.717) is 33.5 Å². The van der Waals surface area contributed by atoms with Crippen LogP contribution >= 0.6 is 11.3 Å². The van der Waals surface area contributed by atoms with Gasteiger partial charge in [0.2, 0.25) is 10.9 Å². The lowest BCUT2D eigenvalue weighted by Crippen LogP contribution is -2.37. The van der Waals surface area contributed by atoms with E-state index in [0.717, 1.165) is 22.5 Å². The first kappa shape index (κ1) is 23.6. The zero-order valence-corrected chi connectivity index (χ0v) is 21.3. The zero-order valence-electron chi connectivity index (χ0n) is 20.5. The van der Waals surface area contributed by atoms with Crippen LogP contribution in [-0.4, -0.2) is 40.1 Å². The third kappa shape index (κ3) is 4.00. The number of anilines is 2. The van der Waals surface area contributed by atoms with Gasteiger partial charge in [0.05, 0.1) is 18.4 Å². The number of methoxy groups -OCH3 is 1. The molecule has 3 aromatic carbocycles. The highest BCUT2D eigenvalue weighted by Crippen LogP contribution is 2.35. The van der Waals surface area contributed by atoms with Crippen molar-refractivity contribution < 1.29 is 14.3 Å².